The zero-order valence-electron chi connectivity index (χ0n) is 24.7. The number of aryl methyl sites for hydroxylation is 1. The van der Waals surface area contributed by atoms with Crippen LogP contribution in [0, 0.1) is 18.7 Å². The number of rotatable bonds is 9. The van der Waals surface area contributed by atoms with Crippen molar-refractivity contribution in [3.63, 3.8) is 0 Å². The summed E-state index contributed by atoms with van der Waals surface area (Å²) in [4.78, 5) is 61.2. The standard InChI is InChI=1S/C31H38FN7O4/c1-18(2)39(30(42)33-16-20-6-7-20)28-15-24(32)26(13-21(28)10-12-40)37-31(43)38-11-4-5-23(17-38)36-29(41)22-8-9-25-27(14-22)35-19(3)34-25/h8-9,12-15,18,20,23H,4-7,10-11,16-17H2,1-3H3,(H,33,42)(H,34,35)(H,36,41)(H,37,43)/t23-/m1/s1. The molecule has 2 aliphatic rings. The molecule has 1 aliphatic heterocycles. The SMILES string of the molecule is Cc1nc2ccc(C(=O)N[C@@H]3CCCN(C(=O)Nc4cc(CC=O)c(N(C(=O)NCC5CC5)C(C)C)cc4F)C3)cc2[nH]1. The van der Waals surface area contributed by atoms with Crippen molar-refractivity contribution >= 4 is 46.7 Å². The van der Waals surface area contributed by atoms with Crippen LogP contribution in [0.2, 0.25) is 0 Å². The molecule has 2 fully saturated rings. The van der Waals surface area contributed by atoms with E-state index in [2.05, 4.69) is 25.9 Å². The highest BCUT2D eigenvalue weighted by atomic mass is 19.1. The fourth-order valence-corrected chi connectivity index (χ4v) is 5.46. The molecule has 1 aliphatic carbocycles. The van der Waals surface area contributed by atoms with Gasteiger partial charge in [0.05, 0.1) is 22.4 Å². The Hall–Kier alpha value is -4.48. The first kappa shape index (κ1) is 30.0. The van der Waals surface area contributed by atoms with Crippen molar-refractivity contribution in [2.24, 2.45) is 5.92 Å². The number of aromatic nitrogens is 2. The Bertz CT molecular complexity index is 1530. The number of benzene rings is 2. The molecule has 12 heteroatoms. The van der Waals surface area contributed by atoms with E-state index in [9.17, 15) is 19.2 Å². The van der Waals surface area contributed by atoms with Crippen LogP contribution in [0.25, 0.3) is 11.0 Å². The Morgan fingerprint density at radius 3 is 2.70 bits per heavy atom. The Kier molecular flexibility index (Phi) is 8.93. The number of anilines is 2. The van der Waals surface area contributed by atoms with Crippen molar-refractivity contribution in [3.05, 3.63) is 53.1 Å². The highest BCUT2D eigenvalue weighted by Crippen LogP contribution is 2.31. The first-order chi connectivity index (χ1) is 20.6. The van der Waals surface area contributed by atoms with Gasteiger partial charge in [0, 0.05) is 49.8 Å². The molecule has 0 radical (unpaired) electrons. The molecule has 2 aromatic carbocycles. The number of carbonyl (C=O) groups is 4. The minimum atomic E-state index is -0.718. The number of piperidine rings is 1. The molecule has 1 saturated carbocycles. The van der Waals surface area contributed by atoms with Crippen molar-refractivity contribution in [1.29, 1.82) is 0 Å². The second-order valence-corrected chi connectivity index (χ2v) is 11.7. The van der Waals surface area contributed by atoms with Gasteiger partial charge < -0.3 is 30.6 Å². The number of amides is 5. The van der Waals surface area contributed by atoms with E-state index >= 15 is 4.39 Å². The number of aldehydes is 1. The first-order valence-corrected chi connectivity index (χ1v) is 14.8. The Balaban J connectivity index is 1.26. The molecule has 0 bridgehead atoms. The third-order valence-corrected chi connectivity index (χ3v) is 7.85. The average Bonchev–Trinajstić information content (AvgIpc) is 3.72. The summed E-state index contributed by atoms with van der Waals surface area (Å²) in [6, 6.07) is 6.41. The second kappa shape index (κ2) is 12.8. The zero-order chi connectivity index (χ0) is 30.7. The molecular weight excluding hydrogens is 553 g/mol. The number of fused-ring (bicyclic) bond motifs is 1. The van der Waals surface area contributed by atoms with Crippen LogP contribution in [0.1, 0.15) is 61.3 Å². The molecular formula is C31H38FN7O4. The summed E-state index contributed by atoms with van der Waals surface area (Å²) in [5, 5.41) is 8.54. The van der Waals surface area contributed by atoms with Crippen molar-refractivity contribution in [1.82, 2.24) is 25.5 Å². The molecule has 0 spiro atoms. The van der Waals surface area contributed by atoms with Crippen LogP contribution in [0.3, 0.4) is 0 Å². The molecule has 43 heavy (non-hydrogen) atoms. The molecule has 4 N–H and O–H groups in total. The highest BCUT2D eigenvalue weighted by molar-refractivity contribution is 5.98. The highest BCUT2D eigenvalue weighted by Gasteiger charge is 2.29. The van der Waals surface area contributed by atoms with Crippen LogP contribution >= 0.6 is 0 Å². The van der Waals surface area contributed by atoms with E-state index in [-0.39, 0.29) is 48.4 Å². The van der Waals surface area contributed by atoms with E-state index in [0.717, 1.165) is 29.7 Å². The summed E-state index contributed by atoms with van der Waals surface area (Å²) in [5.74, 6) is 0.264. The number of urea groups is 2. The number of H-pyrrole nitrogens is 1. The van der Waals surface area contributed by atoms with Gasteiger partial charge >= 0.3 is 12.1 Å². The lowest BCUT2D eigenvalue weighted by atomic mass is 10.0. The number of hydrogen-bond acceptors (Lipinski definition) is 5. The monoisotopic (exact) mass is 591 g/mol. The molecule has 11 nitrogen and oxygen atoms in total. The van der Waals surface area contributed by atoms with Crippen LogP contribution in [-0.4, -0.2) is 70.8 Å². The van der Waals surface area contributed by atoms with Crippen LogP contribution < -0.4 is 20.9 Å². The molecule has 3 aromatic rings. The van der Waals surface area contributed by atoms with E-state index in [1.165, 1.54) is 21.9 Å². The number of nitrogens with zero attached hydrogens (tertiary/aromatic N) is 3. The number of carbonyl (C=O) groups excluding carboxylic acids is 4. The first-order valence-electron chi connectivity index (χ1n) is 14.8. The molecule has 1 atom stereocenters. The topological polar surface area (TPSA) is 140 Å². The summed E-state index contributed by atoms with van der Waals surface area (Å²) in [5.41, 5.74) is 2.67. The quantitative estimate of drug-likeness (QED) is 0.271. The Morgan fingerprint density at radius 2 is 1.98 bits per heavy atom. The lowest BCUT2D eigenvalue weighted by molar-refractivity contribution is -0.107. The molecule has 5 amide bonds. The second-order valence-electron chi connectivity index (χ2n) is 11.7. The minimum absolute atomic E-state index is 0.0562. The van der Waals surface area contributed by atoms with E-state index < -0.39 is 11.8 Å². The molecule has 0 unspecified atom stereocenters. The molecule has 1 aromatic heterocycles. The lowest BCUT2D eigenvalue weighted by Gasteiger charge is -2.33. The lowest BCUT2D eigenvalue weighted by Crippen LogP contribution is -2.50. The Labute approximate surface area is 249 Å². The van der Waals surface area contributed by atoms with Gasteiger partial charge in [-0.05, 0) is 82.2 Å². The van der Waals surface area contributed by atoms with Crippen LogP contribution in [-0.2, 0) is 11.2 Å². The van der Waals surface area contributed by atoms with Gasteiger partial charge in [-0.2, -0.15) is 0 Å². The van der Waals surface area contributed by atoms with Crippen molar-refractivity contribution in [2.75, 3.05) is 29.9 Å². The van der Waals surface area contributed by atoms with E-state index in [1.807, 2.05) is 20.8 Å². The fourth-order valence-electron chi connectivity index (χ4n) is 5.46. The third kappa shape index (κ3) is 7.12. The summed E-state index contributed by atoms with van der Waals surface area (Å²) in [7, 11) is 0. The molecule has 2 heterocycles. The van der Waals surface area contributed by atoms with Gasteiger partial charge in [0.2, 0.25) is 0 Å². The van der Waals surface area contributed by atoms with Crippen LogP contribution in [0.15, 0.2) is 30.3 Å². The maximum Gasteiger partial charge on any atom is 0.322 e. The molecule has 5 rings (SSSR count). The van der Waals surface area contributed by atoms with Gasteiger partial charge in [0.1, 0.15) is 17.9 Å². The molecule has 228 valence electrons. The van der Waals surface area contributed by atoms with Crippen LogP contribution in [0.5, 0.6) is 0 Å². The maximum absolute atomic E-state index is 15.4. The zero-order valence-corrected chi connectivity index (χ0v) is 24.7. The summed E-state index contributed by atoms with van der Waals surface area (Å²) in [6.45, 7) is 6.74. The summed E-state index contributed by atoms with van der Waals surface area (Å²) < 4.78 is 15.4. The van der Waals surface area contributed by atoms with E-state index in [0.29, 0.717) is 49.3 Å². The fraction of sp³-hybridized carbons (Fsp3) is 0.452. The number of nitrogens with one attached hydrogen (secondary N) is 4. The number of imidazole rings is 1. The predicted molar refractivity (Wildman–Crippen MR) is 162 cm³/mol. The predicted octanol–water partition coefficient (Wildman–Crippen LogP) is 4.51. The average molecular weight is 592 g/mol. The minimum Gasteiger partial charge on any atom is -0.348 e. The normalized spacial score (nSPS) is 16.7. The maximum atomic E-state index is 15.4. The van der Waals surface area contributed by atoms with Crippen molar-refractivity contribution in [3.8, 4) is 0 Å². The van der Waals surface area contributed by atoms with Gasteiger partial charge in [-0.1, -0.05) is 0 Å². The van der Waals surface area contributed by atoms with Gasteiger partial charge in [-0.3, -0.25) is 9.69 Å². The van der Waals surface area contributed by atoms with Crippen molar-refractivity contribution in [2.45, 2.75) is 65.0 Å². The van der Waals surface area contributed by atoms with Gasteiger partial charge in [0.15, 0.2) is 0 Å². The largest absolute Gasteiger partial charge is 0.348 e. The Morgan fingerprint density at radius 1 is 1.19 bits per heavy atom. The third-order valence-electron chi connectivity index (χ3n) is 7.85. The van der Waals surface area contributed by atoms with Gasteiger partial charge in [-0.25, -0.2) is 19.0 Å². The van der Waals surface area contributed by atoms with Gasteiger partial charge in [0.25, 0.3) is 5.91 Å². The molecule has 1 saturated heterocycles. The van der Waals surface area contributed by atoms with Gasteiger partial charge in [-0.15, -0.1) is 0 Å². The van der Waals surface area contributed by atoms with E-state index in [1.54, 1.807) is 18.2 Å². The number of halogens is 1. The summed E-state index contributed by atoms with van der Waals surface area (Å²) >= 11 is 0. The smallest absolute Gasteiger partial charge is 0.322 e. The number of aromatic amines is 1. The van der Waals surface area contributed by atoms with E-state index in [4.69, 9.17) is 0 Å². The number of likely N-dealkylation sites (tertiary alicyclic amines) is 1. The van der Waals surface area contributed by atoms with Crippen molar-refractivity contribution < 1.29 is 23.6 Å². The van der Waals surface area contributed by atoms with Crippen LogP contribution in [0.4, 0.5) is 25.4 Å². The number of hydrogen-bond donors (Lipinski definition) is 4. The summed E-state index contributed by atoms with van der Waals surface area (Å²) in [6.07, 6.45) is 4.14.